The molecule has 2 N–H and O–H groups in total. The van der Waals surface area contributed by atoms with Crippen LogP contribution in [0.25, 0.3) is 22.3 Å². The number of carbonyl (C=O) groups is 2. The lowest BCUT2D eigenvalue weighted by atomic mass is 9.72. The Morgan fingerprint density at radius 1 is 0.621 bits per heavy atom. The molecule has 0 unspecified atom stereocenters. The Kier molecular flexibility index (Phi) is 3.09. The van der Waals surface area contributed by atoms with Crippen LogP contribution in [0, 0.1) is 0 Å². The van der Waals surface area contributed by atoms with Crippen LogP contribution in [-0.2, 0) is 30.4 Å². The predicted octanol–water partition coefficient (Wildman–Crippen LogP) is 3.94. The molecule has 0 aromatic heterocycles. The first-order valence-corrected chi connectivity index (χ1v) is 9.65. The van der Waals surface area contributed by atoms with Crippen molar-refractivity contribution in [3.05, 3.63) is 69.8 Å². The second-order valence-corrected chi connectivity index (χ2v) is 7.82. The molecule has 0 radical (unpaired) electrons. The molecule has 0 saturated carbocycles. The zero-order valence-electron chi connectivity index (χ0n) is 15.4. The van der Waals surface area contributed by atoms with E-state index in [9.17, 15) is 19.8 Å². The molecular formula is C24H16O5. The summed E-state index contributed by atoms with van der Waals surface area (Å²) >= 11 is 0. The van der Waals surface area contributed by atoms with Crippen LogP contribution in [0.5, 0.6) is 11.5 Å². The Morgan fingerprint density at radius 3 is 1.52 bits per heavy atom. The standard InChI is InChI=1S/C24H16O5/c25-13-3-7-15-11(9-13)1-5-17-19(15)20-16-8-4-14(26)10-12(16)2-6-18(20)22-21(17)23(27)29-24(22)28/h3-4,7-10,25-26H,1-2,5-6H2. The van der Waals surface area contributed by atoms with Crippen molar-refractivity contribution < 1.29 is 24.5 Å². The van der Waals surface area contributed by atoms with Crippen molar-refractivity contribution in [2.45, 2.75) is 25.7 Å². The van der Waals surface area contributed by atoms with Crippen LogP contribution in [0.3, 0.4) is 0 Å². The summed E-state index contributed by atoms with van der Waals surface area (Å²) < 4.78 is 5.02. The first-order chi connectivity index (χ1) is 14.0. The average Bonchev–Trinajstić information content (AvgIpc) is 3.01. The fourth-order valence-corrected chi connectivity index (χ4v) is 5.17. The van der Waals surface area contributed by atoms with Gasteiger partial charge in [0.1, 0.15) is 11.5 Å². The van der Waals surface area contributed by atoms with Gasteiger partial charge >= 0.3 is 11.9 Å². The van der Waals surface area contributed by atoms with Gasteiger partial charge < -0.3 is 14.9 Å². The molecule has 3 aliphatic rings. The largest absolute Gasteiger partial charge is 0.508 e. The molecule has 2 aliphatic carbocycles. The van der Waals surface area contributed by atoms with E-state index in [4.69, 9.17) is 4.74 Å². The topological polar surface area (TPSA) is 83.8 Å². The lowest BCUT2D eigenvalue weighted by Gasteiger charge is -2.30. The summed E-state index contributed by atoms with van der Waals surface area (Å²) in [4.78, 5) is 25.1. The number of hydrogen-bond acceptors (Lipinski definition) is 5. The minimum absolute atomic E-state index is 0.210. The highest BCUT2D eigenvalue weighted by Gasteiger charge is 2.41. The van der Waals surface area contributed by atoms with Crippen LogP contribution in [0.1, 0.15) is 43.0 Å². The number of rotatable bonds is 0. The summed E-state index contributed by atoms with van der Waals surface area (Å²) in [5.41, 5.74) is 8.35. The SMILES string of the molecule is O=C1OC(=O)c2c3c(c4c(c21)CCc1cc(O)ccc1-4)-c1ccc(O)cc1CC3. The van der Waals surface area contributed by atoms with Crippen molar-refractivity contribution in [1.29, 1.82) is 0 Å². The molecule has 0 saturated heterocycles. The van der Waals surface area contributed by atoms with Crippen molar-refractivity contribution in [2.75, 3.05) is 0 Å². The average molecular weight is 384 g/mol. The highest BCUT2D eigenvalue weighted by molar-refractivity contribution is 6.19. The van der Waals surface area contributed by atoms with Gasteiger partial charge in [-0.2, -0.15) is 0 Å². The molecule has 142 valence electrons. The van der Waals surface area contributed by atoms with Crippen LogP contribution in [0.15, 0.2) is 36.4 Å². The third-order valence-corrected chi connectivity index (χ3v) is 6.31. The lowest BCUT2D eigenvalue weighted by molar-refractivity contribution is 0.0443. The van der Waals surface area contributed by atoms with Crippen molar-refractivity contribution in [2.24, 2.45) is 0 Å². The van der Waals surface area contributed by atoms with Gasteiger partial charge in [-0.1, -0.05) is 12.1 Å². The summed E-state index contributed by atoms with van der Waals surface area (Å²) in [6, 6.07) is 10.6. The Bertz CT molecular complexity index is 1190. The van der Waals surface area contributed by atoms with Gasteiger partial charge in [-0.15, -0.1) is 0 Å². The van der Waals surface area contributed by atoms with Crippen LogP contribution < -0.4 is 0 Å². The fraction of sp³-hybridized carbons (Fsp3) is 0.167. The molecule has 5 heteroatoms. The van der Waals surface area contributed by atoms with E-state index in [0.717, 1.165) is 44.5 Å². The number of cyclic esters (lactones) is 2. The molecule has 0 atom stereocenters. The minimum atomic E-state index is -0.567. The lowest BCUT2D eigenvalue weighted by Crippen LogP contribution is -2.17. The van der Waals surface area contributed by atoms with Crippen molar-refractivity contribution in [1.82, 2.24) is 0 Å². The van der Waals surface area contributed by atoms with Gasteiger partial charge in [0.25, 0.3) is 0 Å². The maximum absolute atomic E-state index is 12.6. The molecule has 3 aromatic carbocycles. The number of carbonyl (C=O) groups excluding carboxylic acids is 2. The first-order valence-electron chi connectivity index (χ1n) is 9.65. The Hall–Kier alpha value is -3.60. The third kappa shape index (κ3) is 2.10. The Labute approximate surface area is 166 Å². The summed E-state index contributed by atoms with van der Waals surface area (Å²) in [6.45, 7) is 0. The molecule has 1 aliphatic heterocycles. The summed E-state index contributed by atoms with van der Waals surface area (Å²) in [5, 5.41) is 19.9. The number of esters is 2. The van der Waals surface area contributed by atoms with Gasteiger partial charge in [-0.05, 0) is 94.5 Å². The maximum atomic E-state index is 12.6. The van der Waals surface area contributed by atoms with Gasteiger partial charge in [-0.25, -0.2) is 9.59 Å². The van der Waals surface area contributed by atoms with Crippen molar-refractivity contribution in [3.63, 3.8) is 0 Å². The number of aryl methyl sites for hydroxylation is 2. The van der Waals surface area contributed by atoms with Gasteiger partial charge in [0.15, 0.2) is 0 Å². The molecule has 5 nitrogen and oxygen atoms in total. The minimum Gasteiger partial charge on any atom is -0.508 e. The fourth-order valence-electron chi connectivity index (χ4n) is 5.17. The van der Waals surface area contributed by atoms with E-state index in [1.807, 2.05) is 12.1 Å². The Balaban J connectivity index is 1.79. The second-order valence-electron chi connectivity index (χ2n) is 7.82. The molecule has 0 fully saturated rings. The Morgan fingerprint density at radius 2 is 1.07 bits per heavy atom. The predicted molar refractivity (Wildman–Crippen MR) is 105 cm³/mol. The van der Waals surface area contributed by atoms with E-state index in [0.29, 0.717) is 36.8 Å². The normalized spacial score (nSPS) is 15.7. The number of aromatic hydroxyl groups is 2. The molecule has 6 rings (SSSR count). The highest BCUT2D eigenvalue weighted by Crippen LogP contribution is 2.50. The van der Waals surface area contributed by atoms with E-state index in [1.54, 1.807) is 24.3 Å². The van der Waals surface area contributed by atoms with Gasteiger partial charge in [0.2, 0.25) is 0 Å². The van der Waals surface area contributed by atoms with Crippen molar-refractivity contribution >= 4 is 11.9 Å². The number of benzene rings is 3. The molecule has 3 aromatic rings. The monoisotopic (exact) mass is 384 g/mol. The number of hydrogen-bond donors (Lipinski definition) is 2. The first kappa shape index (κ1) is 16.4. The van der Waals surface area contributed by atoms with E-state index >= 15 is 0 Å². The third-order valence-electron chi connectivity index (χ3n) is 6.31. The molecule has 0 amide bonds. The zero-order valence-corrected chi connectivity index (χ0v) is 15.4. The van der Waals surface area contributed by atoms with Gasteiger partial charge in [0, 0.05) is 0 Å². The number of phenols is 2. The number of fused-ring (bicyclic) bond motifs is 10. The molecule has 1 heterocycles. The van der Waals surface area contributed by atoms with Crippen LogP contribution in [0.4, 0.5) is 0 Å². The second kappa shape index (κ2) is 5.47. The highest BCUT2D eigenvalue weighted by atomic mass is 16.6. The zero-order chi connectivity index (χ0) is 19.9. The molecule has 0 spiro atoms. The van der Waals surface area contributed by atoms with E-state index in [1.165, 1.54) is 0 Å². The van der Waals surface area contributed by atoms with Crippen molar-refractivity contribution in [3.8, 4) is 33.8 Å². The molecule has 29 heavy (non-hydrogen) atoms. The summed E-state index contributed by atoms with van der Waals surface area (Å²) in [6.07, 6.45) is 2.53. The van der Waals surface area contributed by atoms with Gasteiger partial charge in [-0.3, -0.25) is 0 Å². The summed E-state index contributed by atoms with van der Waals surface area (Å²) in [5.74, 6) is -0.713. The smallest absolute Gasteiger partial charge is 0.347 e. The maximum Gasteiger partial charge on any atom is 0.347 e. The van der Waals surface area contributed by atoms with E-state index in [-0.39, 0.29) is 11.5 Å². The quantitative estimate of drug-likeness (QED) is 0.453. The summed E-state index contributed by atoms with van der Waals surface area (Å²) in [7, 11) is 0. The number of ether oxygens (including phenoxy) is 1. The molecular weight excluding hydrogens is 368 g/mol. The molecule has 0 bridgehead atoms. The van der Waals surface area contributed by atoms with E-state index < -0.39 is 11.9 Å². The number of phenolic OH excluding ortho intramolecular Hbond substituents is 2. The van der Waals surface area contributed by atoms with Crippen LogP contribution in [0.2, 0.25) is 0 Å². The van der Waals surface area contributed by atoms with Crippen LogP contribution >= 0.6 is 0 Å². The van der Waals surface area contributed by atoms with Gasteiger partial charge in [0.05, 0.1) is 11.1 Å². The van der Waals surface area contributed by atoms with Crippen LogP contribution in [-0.4, -0.2) is 22.2 Å². The van der Waals surface area contributed by atoms with E-state index in [2.05, 4.69) is 0 Å².